The van der Waals surface area contributed by atoms with E-state index in [1.54, 1.807) is 12.3 Å². The Labute approximate surface area is 166 Å². The number of nitriles is 1. The average molecular weight is 387 g/mol. The van der Waals surface area contributed by atoms with Crippen molar-refractivity contribution in [1.29, 1.82) is 5.26 Å². The van der Waals surface area contributed by atoms with Crippen LogP contribution in [0.1, 0.15) is 11.3 Å². The molecule has 6 heteroatoms. The van der Waals surface area contributed by atoms with E-state index < -0.39 is 0 Å². The average Bonchev–Trinajstić information content (AvgIpc) is 2.68. The molecule has 28 heavy (non-hydrogen) atoms. The number of fused-ring (bicyclic) bond motifs is 1. The second kappa shape index (κ2) is 7.26. The quantitative estimate of drug-likeness (QED) is 0.518. The Balaban J connectivity index is 2.21. The van der Waals surface area contributed by atoms with E-state index in [2.05, 4.69) is 16.0 Å². The Morgan fingerprint density at radius 2 is 1.89 bits per heavy atom. The van der Waals surface area contributed by atoms with Gasteiger partial charge in [0.25, 0.3) is 0 Å². The molecule has 0 saturated carbocycles. The van der Waals surface area contributed by atoms with Crippen LogP contribution in [0.4, 0.5) is 0 Å². The highest BCUT2D eigenvalue weighted by molar-refractivity contribution is 6.29. The first-order valence-electron chi connectivity index (χ1n) is 8.69. The number of hydrogen-bond donors (Lipinski definition) is 1. The minimum atomic E-state index is -0.177. The Morgan fingerprint density at radius 3 is 2.61 bits per heavy atom. The van der Waals surface area contributed by atoms with Gasteiger partial charge in [0.15, 0.2) is 5.43 Å². The van der Waals surface area contributed by atoms with Crippen LogP contribution in [0.3, 0.4) is 0 Å². The fourth-order valence-electron chi connectivity index (χ4n) is 3.43. The lowest BCUT2D eigenvalue weighted by Crippen LogP contribution is -2.09. The molecule has 4 aromatic rings. The number of aromatic amines is 1. The highest BCUT2D eigenvalue weighted by Gasteiger charge is 2.20. The van der Waals surface area contributed by atoms with E-state index in [9.17, 15) is 10.1 Å². The fourth-order valence-corrected chi connectivity index (χ4v) is 3.68. The number of aryl methyl sites for hydroxylation is 1. The van der Waals surface area contributed by atoms with Crippen molar-refractivity contribution in [3.8, 4) is 28.5 Å². The predicted octanol–water partition coefficient (Wildman–Crippen LogP) is 4.68. The molecule has 136 valence electrons. The van der Waals surface area contributed by atoms with Crippen LogP contribution >= 0.6 is 11.6 Å². The highest BCUT2D eigenvalue weighted by atomic mass is 35.5. The molecule has 0 amide bonds. The van der Waals surface area contributed by atoms with Crippen LogP contribution in [0, 0.1) is 18.3 Å². The van der Waals surface area contributed by atoms with Gasteiger partial charge < -0.3 is 4.98 Å². The highest BCUT2D eigenvalue weighted by Crippen LogP contribution is 2.37. The Morgan fingerprint density at radius 1 is 1.11 bits per heavy atom. The molecule has 5 nitrogen and oxygen atoms in total. The summed E-state index contributed by atoms with van der Waals surface area (Å²) in [5.41, 5.74) is 4.72. The van der Waals surface area contributed by atoms with E-state index in [4.69, 9.17) is 16.6 Å². The Hall–Kier alpha value is -3.49. The number of nitrogens with one attached hydrogen (secondary N) is 1. The lowest BCUT2D eigenvalue weighted by atomic mass is 9.91. The van der Waals surface area contributed by atoms with Crippen molar-refractivity contribution < 1.29 is 0 Å². The summed E-state index contributed by atoms with van der Waals surface area (Å²) in [6.45, 7) is 1.85. The van der Waals surface area contributed by atoms with Crippen molar-refractivity contribution in [1.82, 2.24) is 15.0 Å². The van der Waals surface area contributed by atoms with Crippen molar-refractivity contribution in [2.24, 2.45) is 0 Å². The number of rotatable bonds is 3. The normalized spacial score (nSPS) is 10.8. The van der Waals surface area contributed by atoms with Gasteiger partial charge in [-0.15, -0.1) is 0 Å². The maximum atomic E-state index is 12.6. The van der Waals surface area contributed by atoms with Crippen LogP contribution in [0.25, 0.3) is 33.4 Å². The van der Waals surface area contributed by atoms with Gasteiger partial charge in [-0.25, -0.2) is 9.97 Å². The summed E-state index contributed by atoms with van der Waals surface area (Å²) < 4.78 is 0. The molecular formula is C22H15ClN4O. The minimum absolute atomic E-state index is 0.0697. The Bertz CT molecular complexity index is 1270. The Kier molecular flexibility index (Phi) is 4.64. The number of nitrogens with zero attached hydrogens (tertiary/aromatic N) is 3. The van der Waals surface area contributed by atoms with Crippen molar-refractivity contribution >= 4 is 22.6 Å². The molecule has 0 fully saturated rings. The van der Waals surface area contributed by atoms with Crippen LogP contribution in [0.2, 0.25) is 5.15 Å². The van der Waals surface area contributed by atoms with Crippen LogP contribution < -0.4 is 5.43 Å². The molecule has 3 aromatic heterocycles. The van der Waals surface area contributed by atoms with Gasteiger partial charge in [-0.05, 0) is 30.2 Å². The van der Waals surface area contributed by atoms with Crippen molar-refractivity contribution in [3.63, 3.8) is 0 Å². The van der Waals surface area contributed by atoms with Gasteiger partial charge in [0.2, 0.25) is 0 Å². The molecule has 4 rings (SSSR count). The molecule has 0 aliphatic heterocycles. The van der Waals surface area contributed by atoms with Gasteiger partial charge in [0.1, 0.15) is 10.8 Å². The van der Waals surface area contributed by atoms with Crippen LogP contribution in [-0.2, 0) is 6.42 Å². The summed E-state index contributed by atoms with van der Waals surface area (Å²) in [7, 11) is 0. The summed E-state index contributed by atoms with van der Waals surface area (Å²) in [6.07, 6.45) is 1.63. The second-order valence-electron chi connectivity index (χ2n) is 6.40. The standard InChI is InChI=1S/C22H15ClN4O/c1-13-11-15(12-18(23)26-13)19-16(7-9-24)20-17(28)8-10-25-22(20)27-21(19)14-5-3-2-4-6-14/h2-6,8,10-12H,7H2,1H3,(H,25,27,28). The molecule has 0 bridgehead atoms. The number of halogens is 1. The number of benzene rings is 1. The first-order chi connectivity index (χ1) is 13.6. The summed E-state index contributed by atoms with van der Waals surface area (Å²) in [4.78, 5) is 24.7. The second-order valence-corrected chi connectivity index (χ2v) is 6.79. The molecule has 0 saturated heterocycles. The van der Waals surface area contributed by atoms with E-state index in [0.717, 1.165) is 22.4 Å². The molecule has 0 aliphatic rings. The molecule has 0 radical (unpaired) electrons. The van der Waals surface area contributed by atoms with E-state index in [-0.39, 0.29) is 11.8 Å². The number of hydrogen-bond acceptors (Lipinski definition) is 4. The summed E-state index contributed by atoms with van der Waals surface area (Å²) in [5, 5.41) is 10.3. The SMILES string of the molecule is Cc1cc(-c2c(-c3ccccc3)nc3[nH]ccc(=O)c3c2CC#N)cc(Cl)n1. The van der Waals surface area contributed by atoms with E-state index >= 15 is 0 Å². The zero-order valence-electron chi connectivity index (χ0n) is 15.0. The molecule has 0 aliphatic carbocycles. The topological polar surface area (TPSA) is 82.4 Å². The summed E-state index contributed by atoms with van der Waals surface area (Å²) >= 11 is 6.21. The lowest BCUT2D eigenvalue weighted by molar-refractivity contribution is 1.19. The van der Waals surface area contributed by atoms with Crippen LogP contribution in [-0.4, -0.2) is 15.0 Å². The maximum Gasteiger partial charge on any atom is 0.191 e. The van der Waals surface area contributed by atoms with Gasteiger partial charge >= 0.3 is 0 Å². The number of aromatic nitrogens is 3. The van der Waals surface area contributed by atoms with Crippen LogP contribution in [0.15, 0.2) is 59.5 Å². The molecule has 3 heterocycles. The number of pyridine rings is 3. The van der Waals surface area contributed by atoms with Gasteiger partial charge in [0.05, 0.1) is 23.6 Å². The van der Waals surface area contributed by atoms with E-state index in [1.165, 1.54) is 6.07 Å². The first kappa shape index (κ1) is 17.9. The third kappa shape index (κ3) is 3.15. The van der Waals surface area contributed by atoms with Gasteiger partial charge in [-0.1, -0.05) is 41.9 Å². The minimum Gasteiger partial charge on any atom is -0.346 e. The van der Waals surface area contributed by atoms with Crippen molar-refractivity contribution in [2.75, 3.05) is 0 Å². The monoisotopic (exact) mass is 386 g/mol. The van der Waals surface area contributed by atoms with Crippen molar-refractivity contribution in [2.45, 2.75) is 13.3 Å². The predicted molar refractivity (Wildman–Crippen MR) is 110 cm³/mol. The third-order valence-corrected chi connectivity index (χ3v) is 4.71. The van der Waals surface area contributed by atoms with E-state index in [1.807, 2.05) is 43.3 Å². The number of H-pyrrole nitrogens is 1. The molecule has 1 N–H and O–H groups in total. The third-order valence-electron chi connectivity index (χ3n) is 4.52. The largest absolute Gasteiger partial charge is 0.346 e. The molecule has 0 spiro atoms. The van der Waals surface area contributed by atoms with Gasteiger partial charge in [-0.3, -0.25) is 4.79 Å². The van der Waals surface area contributed by atoms with Gasteiger partial charge in [-0.2, -0.15) is 5.26 Å². The molecule has 1 aromatic carbocycles. The van der Waals surface area contributed by atoms with Gasteiger partial charge in [0, 0.05) is 29.1 Å². The molecule has 0 unspecified atom stereocenters. The lowest BCUT2D eigenvalue weighted by Gasteiger charge is -2.16. The first-order valence-corrected chi connectivity index (χ1v) is 9.07. The smallest absolute Gasteiger partial charge is 0.191 e. The van der Waals surface area contributed by atoms with Crippen molar-refractivity contribution in [3.05, 3.63) is 81.4 Å². The molecular weight excluding hydrogens is 372 g/mol. The fraction of sp³-hybridized carbons (Fsp3) is 0.0909. The summed E-state index contributed by atoms with van der Waals surface area (Å²) in [5.74, 6) is 0. The zero-order chi connectivity index (χ0) is 19.7. The van der Waals surface area contributed by atoms with Crippen LogP contribution in [0.5, 0.6) is 0 Å². The summed E-state index contributed by atoms with van der Waals surface area (Å²) in [6, 6.07) is 16.9. The zero-order valence-corrected chi connectivity index (χ0v) is 15.8. The van der Waals surface area contributed by atoms with E-state index in [0.29, 0.717) is 27.4 Å². The maximum absolute atomic E-state index is 12.6. The molecule has 0 atom stereocenters.